The summed E-state index contributed by atoms with van der Waals surface area (Å²) >= 11 is 0. The third-order valence-electron chi connectivity index (χ3n) is 6.03. The second-order valence-electron chi connectivity index (χ2n) is 8.84. The van der Waals surface area contributed by atoms with E-state index in [-0.39, 0.29) is 17.2 Å². The summed E-state index contributed by atoms with van der Waals surface area (Å²) in [4.78, 5) is 12.6. The number of ether oxygens (including phenoxy) is 3. The van der Waals surface area contributed by atoms with E-state index in [0.29, 0.717) is 18.8 Å². The molecule has 27 heavy (non-hydrogen) atoms. The molecule has 2 saturated heterocycles. The van der Waals surface area contributed by atoms with Crippen LogP contribution in [0.25, 0.3) is 0 Å². The van der Waals surface area contributed by atoms with Crippen molar-refractivity contribution in [2.75, 3.05) is 13.2 Å². The fourth-order valence-electron chi connectivity index (χ4n) is 3.32. The van der Waals surface area contributed by atoms with E-state index in [1.807, 2.05) is 18.2 Å². The molecule has 2 bridgehead atoms. The van der Waals surface area contributed by atoms with Crippen LogP contribution in [0.2, 0.25) is 18.1 Å². The Kier molecular flexibility index (Phi) is 5.38. The quantitative estimate of drug-likeness (QED) is 0.418. The lowest BCUT2D eigenvalue weighted by atomic mass is 9.92. The van der Waals surface area contributed by atoms with Crippen LogP contribution in [0.3, 0.4) is 0 Å². The van der Waals surface area contributed by atoms with Gasteiger partial charge in [-0.3, -0.25) is 0 Å². The predicted octanol–water partition coefficient (Wildman–Crippen LogP) is 3.96. The second kappa shape index (κ2) is 7.17. The van der Waals surface area contributed by atoms with Crippen LogP contribution in [-0.4, -0.2) is 51.4 Å². The van der Waals surface area contributed by atoms with E-state index in [2.05, 4.69) is 40.4 Å². The summed E-state index contributed by atoms with van der Waals surface area (Å²) in [7, 11) is -2.06. The maximum absolute atomic E-state index is 12.6. The number of rotatable bonds is 6. The number of hydrogen-bond acceptors (Lipinski definition) is 5. The Morgan fingerprint density at radius 1 is 1.33 bits per heavy atom. The summed E-state index contributed by atoms with van der Waals surface area (Å²) in [6.45, 7) is 15.7. The van der Waals surface area contributed by atoms with Gasteiger partial charge in [-0.25, -0.2) is 4.79 Å². The Balaban J connectivity index is 1.83. The Hall–Kier alpha value is -1.47. The minimum absolute atomic E-state index is 0.0562. The molecular formula is C21H30O5Si. The highest BCUT2D eigenvalue weighted by Crippen LogP contribution is 2.46. The SMILES string of the molecule is C=C[C@H](OC(=O)c1ccccc1)[C@@]12CO[C@@H](CO1)[C@@H]2O[Si](C)(C)C(C)(C)C. The maximum atomic E-state index is 12.6. The third kappa shape index (κ3) is 3.63. The van der Waals surface area contributed by atoms with Gasteiger partial charge in [0.1, 0.15) is 12.2 Å². The normalized spacial score (nSPS) is 28.8. The number of benzene rings is 1. The van der Waals surface area contributed by atoms with Gasteiger partial charge in [0.2, 0.25) is 0 Å². The molecule has 3 rings (SSSR count). The van der Waals surface area contributed by atoms with E-state index in [0.717, 1.165) is 0 Å². The first kappa shape index (κ1) is 20.3. The van der Waals surface area contributed by atoms with E-state index in [4.69, 9.17) is 18.6 Å². The Labute approximate surface area is 162 Å². The number of esters is 1. The van der Waals surface area contributed by atoms with Crippen molar-refractivity contribution in [3.63, 3.8) is 0 Å². The first-order valence-electron chi connectivity index (χ1n) is 9.43. The molecule has 0 unspecified atom stereocenters. The molecule has 2 aliphatic heterocycles. The highest BCUT2D eigenvalue weighted by Gasteiger charge is 2.64. The van der Waals surface area contributed by atoms with Gasteiger partial charge < -0.3 is 18.6 Å². The molecule has 2 fully saturated rings. The average molecular weight is 391 g/mol. The molecule has 0 amide bonds. The summed E-state index contributed by atoms with van der Waals surface area (Å²) in [6.07, 6.45) is 0.564. The van der Waals surface area contributed by atoms with Gasteiger partial charge in [-0.05, 0) is 36.3 Å². The van der Waals surface area contributed by atoms with Gasteiger partial charge in [0.15, 0.2) is 20.0 Å². The van der Waals surface area contributed by atoms with E-state index in [1.165, 1.54) is 0 Å². The van der Waals surface area contributed by atoms with Crippen LogP contribution in [-0.2, 0) is 18.6 Å². The van der Waals surface area contributed by atoms with Crippen LogP contribution in [0, 0.1) is 0 Å². The van der Waals surface area contributed by atoms with Crippen LogP contribution in [0.1, 0.15) is 31.1 Å². The van der Waals surface area contributed by atoms with Gasteiger partial charge in [0, 0.05) is 0 Å². The van der Waals surface area contributed by atoms with Gasteiger partial charge >= 0.3 is 5.97 Å². The van der Waals surface area contributed by atoms with Crippen molar-refractivity contribution >= 4 is 14.3 Å². The van der Waals surface area contributed by atoms with E-state index in [1.54, 1.807) is 18.2 Å². The number of carbonyl (C=O) groups is 1. The summed E-state index contributed by atoms with van der Waals surface area (Å²) in [5.41, 5.74) is -0.345. The topological polar surface area (TPSA) is 54.0 Å². The lowest BCUT2D eigenvalue weighted by Gasteiger charge is -2.42. The molecule has 0 aliphatic carbocycles. The van der Waals surface area contributed by atoms with Gasteiger partial charge in [0.25, 0.3) is 0 Å². The van der Waals surface area contributed by atoms with Crippen molar-refractivity contribution in [3.8, 4) is 0 Å². The lowest BCUT2D eigenvalue weighted by molar-refractivity contribution is -0.144. The molecule has 4 atom stereocenters. The zero-order valence-electron chi connectivity index (χ0n) is 16.9. The van der Waals surface area contributed by atoms with Crippen LogP contribution in [0.15, 0.2) is 43.0 Å². The minimum Gasteiger partial charge on any atom is -0.451 e. The first-order valence-corrected chi connectivity index (χ1v) is 12.3. The van der Waals surface area contributed by atoms with Crippen molar-refractivity contribution < 1.29 is 23.4 Å². The smallest absolute Gasteiger partial charge is 0.338 e. The van der Waals surface area contributed by atoms with Crippen molar-refractivity contribution in [3.05, 3.63) is 48.6 Å². The Bertz CT molecular complexity index is 686. The summed E-state index contributed by atoms with van der Waals surface area (Å²) in [5.74, 6) is -0.403. The number of carbonyl (C=O) groups excluding carboxylic acids is 1. The van der Waals surface area contributed by atoms with Crippen molar-refractivity contribution in [1.82, 2.24) is 0 Å². The van der Waals surface area contributed by atoms with Crippen molar-refractivity contribution in [2.45, 2.75) is 62.8 Å². The molecular weight excluding hydrogens is 360 g/mol. The fraction of sp³-hybridized carbons (Fsp3) is 0.571. The van der Waals surface area contributed by atoms with E-state index < -0.39 is 26.0 Å². The molecule has 0 aromatic heterocycles. The molecule has 5 nitrogen and oxygen atoms in total. The highest BCUT2D eigenvalue weighted by molar-refractivity contribution is 6.74. The van der Waals surface area contributed by atoms with Crippen LogP contribution in [0.4, 0.5) is 0 Å². The zero-order chi connectivity index (χ0) is 19.9. The third-order valence-corrected chi connectivity index (χ3v) is 10.5. The monoisotopic (exact) mass is 390 g/mol. The van der Waals surface area contributed by atoms with Crippen LogP contribution < -0.4 is 0 Å². The maximum Gasteiger partial charge on any atom is 0.338 e. The lowest BCUT2D eigenvalue weighted by Crippen LogP contribution is -2.57. The second-order valence-corrected chi connectivity index (χ2v) is 13.6. The predicted molar refractivity (Wildman–Crippen MR) is 106 cm³/mol. The van der Waals surface area contributed by atoms with Crippen LogP contribution in [0.5, 0.6) is 0 Å². The van der Waals surface area contributed by atoms with Crippen molar-refractivity contribution in [2.24, 2.45) is 0 Å². The fourth-order valence-corrected chi connectivity index (χ4v) is 4.66. The molecule has 148 valence electrons. The van der Waals surface area contributed by atoms with Gasteiger partial charge in [0.05, 0.1) is 18.8 Å². The molecule has 1 aromatic rings. The molecule has 1 aromatic carbocycles. The summed E-state index contributed by atoms with van der Waals surface area (Å²) < 4.78 is 24.5. The molecule has 2 heterocycles. The molecule has 2 aliphatic rings. The summed E-state index contributed by atoms with van der Waals surface area (Å²) in [6, 6.07) is 8.93. The number of hydrogen-bond donors (Lipinski definition) is 0. The first-order chi connectivity index (χ1) is 12.6. The highest BCUT2D eigenvalue weighted by atomic mass is 28.4. The summed E-state index contributed by atoms with van der Waals surface area (Å²) in [5, 5.41) is 0.0562. The van der Waals surface area contributed by atoms with Gasteiger partial charge in [-0.2, -0.15) is 0 Å². The minimum atomic E-state index is -2.06. The molecule has 0 radical (unpaired) electrons. The largest absolute Gasteiger partial charge is 0.451 e. The van der Waals surface area contributed by atoms with E-state index in [9.17, 15) is 4.79 Å². The Morgan fingerprint density at radius 3 is 2.52 bits per heavy atom. The molecule has 0 N–H and O–H groups in total. The molecule has 0 saturated carbocycles. The average Bonchev–Trinajstić information content (AvgIpc) is 3.14. The van der Waals surface area contributed by atoms with Gasteiger partial charge in [-0.15, -0.1) is 0 Å². The molecule has 6 heteroatoms. The number of fused-ring (bicyclic) bond motifs is 2. The Morgan fingerprint density at radius 2 is 2.00 bits per heavy atom. The van der Waals surface area contributed by atoms with E-state index >= 15 is 0 Å². The standard InChI is InChI=1S/C21H30O5Si/c1-7-17(25-19(22)15-11-9-8-10-12-15)21-14-23-16(13-24-21)18(21)26-27(5,6)20(2,3)4/h7-12,16-18H,1,13-14H2,2-6H3/t16-,17-,18-,21+/m0/s1. The van der Waals surface area contributed by atoms with Crippen LogP contribution >= 0.6 is 0 Å². The van der Waals surface area contributed by atoms with Gasteiger partial charge in [-0.1, -0.05) is 45.5 Å². The zero-order valence-corrected chi connectivity index (χ0v) is 17.9. The molecule has 0 spiro atoms. The van der Waals surface area contributed by atoms with Crippen molar-refractivity contribution in [1.29, 1.82) is 0 Å².